The quantitative estimate of drug-likeness (QED) is 0.126. The maximum Gasteiger partial charge on any atom is 0.200 e. The third-order valence-electron chi connectivity index (χ3n) is 8.33. The molecule has 1 fully saturated rings. The fraction of sp³-hybridized carbons (Fsp3) is 0.429. The summed E-state index contributed by atoms with van der Waals surface area (Å²) in [6, 6.07) is 13.3. The molecule has 1 unspecified atom stereocenters. The predicted octanol–water partition coefficient (Wildman–Crippen LogP) is 10.00. The molecule has 0 heterocycles. The molecule has 0 amide bonds. The topological polar surface area (TPSA) is 29.5 Å². The number of aliphatic hydroxyl groups excluding tert-OH is 1. The zero-order valence-electron chi connectivity index (χ0n) is 23.8. The van der Waals surface area contributed by atoms with E-state index in [1.54, 1.807) is 48.5 Å². The Kier molecular flexibility index (Phi) is 11.0. The number of allylic oxidation sites excluding steroid dienone is 1. The summed E-state index contributed by atoms with van der Waals surface area (Å²) in [5.74, 6) is -3.27. The summed E-state index contributed by atoms with van der Waals surface area (Å²) in [5.41, 5.74) is 2.26. The van der Waals surface area contributed by atoms with Gasteiger partial charge in [0.15, 0.2) is 23.2 Å². The molecule has 1 aliphatic rings. The van der Waals surface area contributed by atoms with Gasteiger partial charge in [-0.25, -0.2) is 13.2 Å². The second kappa shape index (κ2) is 14.7. The van der Waals surface area contributed by atoms with Crippen LogP contribution in [0.25, 0.3) is 11.1 Å². The van der Waals surface area contributed by atoms with Crippen molar-refractivity contribution in [2.45, 2.75) is 83.2 Å². The SMILES string of the molecule is C=CCCCOc1ccc(C2CCC(CCc3ccc(-c4ccc(C(O)CCC)cc4)c(F)c3F)CC2)c(F)c1F. The Hall–Kier alpha value is -3.12. The van der Waals surface area contributed by atoms with Crippen LogP contribution in [-0.2, 0) is 6.42 Å². The molecule has 0 spiro atoms. The van der Waals surface area contributed by atoms with Gasteiger partial charge in [0, 0.05) is 5.56 Å². The van der Waals surface area contributed by atoms with Gasteiger partial charge in [0.25, 0.3) is 0 Å². The third kappa shape index (κ3) is 7.59. The number of halogens is 4. The maximum atomic E-state index is 15.0. The molecule has 41 heavy (non-hydrogen) atoms. The van der Waals surface area contributed by atoms with Crippen LogP contribution in [0.1, 0.15) is 93.4 Å². The first-order chi connectivity index (χ1) is 19.8. The summed E-state index contributed by atoms with van der Waals surface area (Å²) >= 11 is 0. The minimum absolute atomic E-state index is 0.0629. The minimum atomic E-state index is -0.936. The van der Waals surface area contributed by atoms with Crippen molar-refractivity contribution >= 4 is 0 Å². The molecule has 3 aromatic rings. The van der Waals surface area contributed by atoms with Crippen molar-refractivity contribution in [2.75, 3.05) is 6.61 Å². The molecule has 0 bridgehead atoms. The highest BCUT2D eigenvalue weighted by atomic mass is 19.2. The monoisotopic (exact) mass is 568 g/mol. The van der Waals surface area contributed by atoms with E-state index in [9.17, 15) is 13.9 Å². The Morgan fingerprint density at radius 3 is 2.32 bits per heavy atom. The van der Waals surface area contributed by atoms with E-state index >= 15 is 8.78 Å². The van der Waals surface area contributed by atoms with Crippen LogP contribution in [0.4, 0.5) is 17.6 Å². The van der Waals surface area contributed by atoms with Gasteiger partial charge in [-0.2, -0.15) is 4.39 Å². The fourth-order valence-corrected chi connectivity index (χ4v) is 5.84. The molecule has 4 rings (SSSR count). The highest BCUT2D eigenvalue weighted by Gasteiger charge is 2.27. The van der Waals surface area contributed by atoms with Crippen LogP contribution >= 0.6 is 0 Å². The lowest BCUT2D eigenvalue weighted by atomic mass is 9.76. The Morgan fingerprint density at radius 1 is 0.902 bits per heavy atom. The van der Waals surface area contributed by atoms with Crippen molar-refractivity contribution < 1.29 is 27.4 Å². The van der Waals surface area contributed by atoms with E-state index in [1.165, 1.54) is 6.07 Å². The Morgan fingerprint density at radius 2 is 1.63 bits per heavy atom. The molecule has 1 atom stereocenters. The lowest BCUT2D eigenvalue weighted by molar-refractivity contribution is 0.166. The van der Waals surface area contributed by atoms with E-state index < -0.39 is 29.4 Å². The summed E-state index contributed by atoms with van der Waals surface area (Å²) in [6.45, 7) is 5.93. The molecule has 6 heteroatoms. The number of ether oxygens (including phenoxy) is 1. The van der Waals surface area contributed by atoms with Crippen molar-refractivity contribution in [1.29, 1.82) is 0 Å². The Labute approximate surface area is 241 Å². The van der Waals surface area contributed by atoms with Crippen molar-refractivity contribution in [1.82, 2.24) is 0 Å². The number of aryl methyl sites for hydroxylation is 1. The fourth-order valence-electron chi connectivity index (χ4n) is 5.84. The van der Waals surface area contributed by atoms with E-state index in [2.05, 4.69) is 6.58 Å². The van der Waals surface area contributed by atoms with Crippen LogP contribution in [0.15, 0.2) is 61.2 Å². The molecule has 0 aromatic heterocycles. The zero-order chi connectivity index (χ0) is 29.4. The first-order valence-corrected chi connectivity index (χ1v) is 14.8. The van der Waals surface area contributed by atoms with Gasteiger partial charge in [-0.3, -0.25) is 0 Å². The van der Waals surface area contributed by atoms with Crippen molar-refractivity contribution in [2.24, 2.45) is 5.92 Å². The van der Waals surface area contributed by atoms with Gasteiger partial charge >= 0.3 is 0 Å². The number of hydrogen-bond donors (Lipinski definition) is 1. The molecule has 1 saturated carbocycles. The molecular formula is C35H40F4O2. The number of benzene rings is 3. The van der Waals surface area contributed by atoms with Crippen molar-refractivity contribution in [3.8, 4) is 16.9 Å². The largest absolute Gasteiger partial charge is 0.490 e. The summed E-state index contributed by atoms with van der Waals surface area (Å²) in [6.07, 6.45) is 8.35. The van der Waals surface area contributed by atoms with Gasteiger partial charge in [0.05, 0.1) is 12.7 Å². The van der Waals surface area contributed by atoms with Gasteiger partial charge in [-0.05, 0) is 97.9 Å². The molecule has 1 aliphatic carbocycles. The highest BCUT2D eigenvalue weighted by Crippen LogP contribution is 2.40. The minimum Gasteiger partial charge on any atom is -0.490 e. The molecular weight excluding hydrogens is 528 g/mol. The lowest BCUT2D eigenvalue weighted by Crippen LogP contribution is -2.16. The van der Waals surface area contributed by atoms with E-state index in [0.717, 1.165) is 44.1 Å². The average molecular weight is 569 g/mol. The maximum absolute atomic E-state index is 15.0. The number of hydrogen-bond acceptors (Lipinski definition) is 2. The summed E-state index contributed by atoms with van der Waals surface area (Å²) in [5, 5.41) is 10.2. The summed E-state index contributed by atoms with van der Waals surface area (Å²) in [4.78, 5) is 0. The lowest BCUT2D eigenvalue weighted by Gasteiger charge is -2.29. The normalized spacial score (nSPS) is 17.8. The number of unbranched alkanes of at least 4 members (excludes halogenated alkanes) is 1. The van der Waals surface area contributed by atoms with Gasteiger partial charge in [-0.15, -0.1) is 6.58 Å². The summed E-state index contributed by atoms with van der Waals surface area (Å²) < 4.78 is 64.9. The van der Waals surface area contributed by atoms with Gasteiger partial charge < -0.3 is 9.84 Å². The van der Waals surface area contributed by atoms with E-state index in [-0.39, 0.29) is 17.2 Å². The smallest absolute Gasteiger partial charge is 0.200 e. The Balaban J connectivity index is 1.32. The molecule has 0 saturated heterocycles. The van der Waals surface area contributed by atoms with Crippen molar-refractivity contribution in [3.05, 3.63) is 101 Å². The van der Waals surface area contributed by atoms with E-state index in [4.69, 9.17) is 4.74 Å². The second-order valence-electron chi connectivity index (χ2n) is 11.1. The van der Waals surface area contributed by atoms with Crippen LogP contribution in [0, 0.1) is 29.2 Å². The van der Waals surface area contributed by atoms with Gasteiger partial charge in [0.1, 0.15) is 0 Å². The highest BCUT2D eigenvalue weighted by molar-refractivity contribution is 5.65. The average Bonchev–Trinajstić information content (AvgIpc) is 2.99. The summed E-state index contributed by atoms with van der Waals surface area (Å²) in [7, 11) is 0. The predicted molar refractivity (Wildman–Crippen MR) is 156 cm³/mol. The number of aliphatic hydroxyl groups is 1. The van der Waals surface area contributed by atoms with Crippen LogP contribution in [-0.4, -0.2) is 11.7 Å². The molecule has 2 nitrogen and oxygen atoms in total. The standard InChI is InChI=1S/C35H40F4O2/c1-3-5-6-22-41-31-21-20-29(34(38)35(31)39)24-11-8-23(9-12-24)10-13-27-18-19-28(33(37)32(27)36)25-14-16-26(17-15-25)30(40)7-4-2/h3,14-21,23-24,30,40H,1,4-13,22H2,2H3. The first-order valence-electron chi connectivity index (χ1n) is 14.8. The van der Waals surface area contributed by atoms with Crippen LogP contribution < -0.4 is 4.74 Å². The van der Waals surface area contributed by atoms with Gasteiger partial charge in [-0.1, -0.05) is 61.9 Å². The van der Waals surface area contributed by atoms with E-state index in [0.29, 0.717) is 54.9 Å². The molecule has 0 radical (unpaired) electrons. The Bertz CT molecular complexity index is 1300. The van der Waals surface area contributed by atoms with Crippen LogP contribution in [0.2, 0.25) is 0 Å². The zero-order valence-corrected chi connectivity index (χ0v) is 23.8. The molecule has 3 aromatic carbocycles. The van der Waals surface area contributed by atoms with Crippen LogP contribution in [0.5, 0.6) is 5.75 Å². The molecule has 220 valence electrons. The number of rotatable bonds is 13. The molecule has 1 N–H and O–H groups in total. The van der Waals surface area contributed by atoms with Crippen molar-refractivity contribution in [3.63, 3.8) is 0 Å². The van der Waals surface area contributed by atoms with E-state index in [1.807, 2.05) is 6.92 Å². The van der Waals surface area contributed by atoms with Gasteiger partial charge in [0.2, 0.25) is 5.82 Å². The third-order valence-corrected chi connectivity index (χ3v) is 8.33. The molecule has 0 aliphatic heterocycles. The van der Waals surface area contributed by atoms with Crippen LogP contribution in [0.3, 0.4) is 0 Å². The first kappa shape index (κ1) is 30.8. The second-order valence-corrected chi connectivity index (χ2v) is 11.1.